The molecule has 4 aliphatic heterocycles. The topological polar surface area (TPSA) is 214 Å². The Balaban J connectivity index is 0.000000140. The molecule has 7 aromatic carbocycles. The van der Waals surface area contributed by atoms with E-state index in [-0.39, 0.29) is 48.4 Å². The number of benzene rings is 7. The van der Waals surface area contributed by atoms with E-state index < -0.39 is 5.60 Å². The second kappa shape index (κ2) is 34.3. The standard InChI is InChI=1S/C26H27Cl2N3O3.C25H23Cl2N3O2.C20H18Cl2N4O.C12H12ClN3.ClH/c1-26(2,3)34-24(32)10-7-16-5-6-17(12-21(16)28)25(33)31-15-19-14-29-30(4)23(19)13-18-11-20(27)8-9-22(18)31;1-29-23-12-18-10-20(26)7-8-22(18)30(14-19(23)13-28-29)25(32)17-5-2-15(21(27)11-17)6-9-24(31)16-3-4-16;1-25-19-8-14-6-16(21)4-5-18(14)26(11-15(19)10-24-25)20(27)12-2-3-13(9-23)17(22)7-12;1-16-12-5-8-4-10(13)2-3-11(8)14-6-9(12)7-15-16;/h5-6,8-9,11-12,14H,7,10,13,15H2,1-4H3;2,5,7-8,10-11,13,16H,3-4,6,9,12,14H2,1H3;2-7,10H,8-9,11,23H2,1H3;2-4,7,14H,5-6H2,1H3;1H. The molecular weight excluding hydrogens is 1560 g/mol. The third-order valence-electron chi connectivity index (χ3n) is 20.1. The minimum absolute atomic E-state index is 0. The average Bonchev–Trinajstić information content (AvgIpc) is 1.62. The highest BCUT2D eigenvalue weighted by atomic mass is 35.5. The number of nitrogens with one attached hydrogen (secondary N) is 1. The number of Topliss-reactive ketones (excluding diaryl/α,β-unsaturated/α-hetero) is 1. The van der Waals surface area contributed by atoms with Crippen molar-refractivity contribution in [2.75, 3.05) is 20.0 Å². The fraction of sp³-hybridized carbons (Fsp3) is 0.289. The Hall–Kier alpha value is -8.99. The molecule has 0 bridgehead atoms. The van der Waals surface area contributed by atoms with Crippen LogP contribution in [0.25, 0.3) is 0 Å². The van der Waals surface area contributed by atoms with Crippen molar-refractivity contribution in [2.45, 2.75) is 123 Å². The molecule has 0 spiro atoms. The highest BCUT2D eigenvalue weighted by Crippen LogP contribution is 2.39. The Kier molecular flexibility index (Phi) is 25.1. The summed E-state index contributed by atoms with van der Waals surface area (Å²) in [7, 11) is 7.70. The molecule has 1 aliphatic carbocycles. The average molecular weight is 1640 g/mol. The van der Waals surface area contributed by atoms with Gasteiger partial charge in [-0.25, -0.2) is 0 Å². The number of halogens is 8. The van der Waals surface area contributed by atoms with Crippen molar-refractivity contribution >= 4 is 146 Å². The molecule has 570 valence electrons. The lowest BCUT2D eigenvalue weighted by Crippen LogP contribution is -2.30. The first kappa shape index (κ1) is 80.5. The first-order chi connectivity index (χ1) is 52.1. The summed E-state index contributed by atoms with van der Waals surface area (Å²) in [5.74, 6) is -0.137. The molecule has 16 rings (SSSR count). The molecule has 27 heteroatoms. The van der Waals surface area contributed by atoms with Gasteiger partial charge in [-0.1, -0.05) is 99.4 Å². The number of aryl methyl sites for hydroxylation is 6. The minimum Gasteiger partial charge on any atom is -0.460 e. The molecule has 3 amide bonds. The number of anilines is 4. The van der Waals surface area contributed by atoms with E-state index in [1.807, 2.05) is 153 Å². The third kappa shape index (κ3) is 18.5. The highest BCUT2D eigenvalue weighted by molar-refractivity contribution is 6.34. The van der Waals surface area contributed by atoms with Gasteiger partial charge in [-0.3, -0.25) is 42.7 Å². The van der Waals surface area contributed by atoms with E-state index in [1.165, 1.54) is 22.5 Å². The van der Waals surface area contributed by atoms with Gasteiger partial charge in [0.1, 0.15) is 11.4 Å². The number of fused-ring (bicyclic) bond motifs is 8. The first-order valence-electron chi connectivity index (χ1n) is 35.8. The fourth-order valence-electron chi connectivity index (χ4n) is 14.0. The molecule has 0 saturated heterocycles. The number of carbonyl (C=O) groups is 5. The van der Waals surface area contributed by atoms with Crippen molar-refractivity contribution in [3.8, 4) is 0 Å². The van der Waals surface area contributed by atoms with E-state index in [4.69, 9.17) is 91.7 Å². The summed E-state index contributed by atoms with van der Waals surface area (Å²) in [5, 5.41) is 24.9. The Morgan fingerprint density at radius 2 is 0.791 bits per heavy atom. The first-order valence-corrected chi connectivity index (χ1v) is 38.4. The van der Waals surface area contributed by atoms with Gasteiger partial charge in [0, 0.05) is 205 Å². The van der Waals surface area contributed by atoms with Gasteiger partial charge in [0.15, 0.2) is 0 Å². The molecule has 1 fully saturated rings. The van der Waals surface area contributed by atoms with Crippen molar-refractivity contribution in [1.29, 1.82) is 0 Å². The van der Waals surface area contributed by atoms with Crippen LogP contribution in [0.4, 0.5) is 22.7 Å². The van der Waals surface area contributed by atoms with Gasteiger partial charge < -0.3 is 30.5 Å². The van der Waals surface area contributed by atoms with Crippen molar-refractivity contribution in [1.82, 2.24) is 39.1 Å². The predicted molar refractivity (Wildman–Crippen MR) is 438 cm³/mol. The number of amides is 3. The van der Waals surface area contributed by atoms with E-state index in [1.54, 1.807) is 81.6 Å². The Labute approximate surface area is 679 Å². The zero-order valence-corrected chi connectivity index (χ0v) is 67.7. The van der Waals surface area contributed by atoms with Crippen LogP contribution in [-0.4, -0.2) is 74.2 Å². The molecule has 0 radical (unpaired) electrons. The normalized spacial score (nSPS) is 13.7. The van der Waals surface area contributed by atoms with Gasteiger partial charge in [-0.05, 0) is 195 Å². The van der Waals surface area contributed by atoms with Crippen LogP contribution in [0, 0.1) is 5.92 Å². The number of ketones is 1. The summed E-state index contributed by atoms with van der Waals surface area (Å²) >= 11 is 44.1. The lowest BCUT2D eigenvalue weighted by molar-refractivity contribution is -0.154. The monoisotopic (exact) mass is 1640 g/mol. The number of esters is 1. The second-order valence-electron chi connectivity index (χ2n) is 28.8. The van der Waals surface area contributed by atoms with Gasteiger partial charge in [0.2, 0.25) is 0 Å². The van der Waals surface area contributed by atoms with Gasteiger partial charge in [-0.15, -0.1) is 12.4 Å². The summed E-state index contributed by atoms with van der Waals surface area (Å²) in [6.45, 7) is 7.92. The zero-order valence-electron chi connectivity index (χ0n) is 61.6. The van der Waals surface area contributed by atoms with Gasteiger partial charge in [0.05, 0.1) is 44.4 Å². The summed E-state index contributed by atoms with van der Waals surface area (Å²) < 4.78 is 12.8. The maximum atomic E-state index is 13.6. The Bertz CT molecular complexity index is 5370. The smallest absolute Gasteiger partial charge is 0.306 e. The van der Waals surface area contributed by atoms with Crippen molar-refractivity contribution < 1.29 is 28.7 Å². The van der Waals surface area contributed by atoms with E-state index in [0.717, 1.165) is 115 Å². The Morgan fingerprint density at radius 3 is 1.16 bits per heavy atom. The minimum atomic E-state index is -0.529. The lowest BCUT2D eigenvalue weighted by atomic mass is 10.0. The zero-order chi connectivity index (χ0) is 77.3. The fourth-order valence-corrected chi connectivity index (χ4v) is 15.6. The number of aromatic nitrogens is 8. The molecular formula is C83H81Cl8N13O6. The number of hydrogen-bond donors (Lipinski definition) is 2. The van der Waals surface area contributed by atoms with Gasteiger partial charge in [0.25, 0.3) is 17.7 Å². The maximum Gasteiger partial charge on any atom is 0.306 e. The van der Waals surface area contributed by atoms with E-state index in [9.17, 15) is 24.0 Å². The summed E-state index contributed by atoms with van der Waals surface area (Å²) in [4.78, 5) is 69.9. The molecule has 11 aromatic rings. The quantitative estimate of drug-likeness (QED) is 0.116. The van der Waals surface area contributed by atoms with Crippen molar-refractivity contribution in [3.63, 3.8) is 0 Å². The number of rotatable bonds is 11. The van der Waals surface area contributed by atoms with Crippen LogP contribution in [0.3, 0.4) is 0 Å². The van der Waals surface area contributed by atoms with Gasteiger partial charge in [-0.2, -0.15) is 20.4 Å². The van der Waals surface area contributed by atoms with Crippen molar-refractivity contribution in [3.05, 3.63) is 288 Å². The predicted octanol–water partition coefficient (Wildman–Crippen LogP) is 18.1. The molecule has 19 nitrogen and oxygen atoms in total. The number of nitrogens with two attached hydrogens (primary N) is 1. The summed E-state index contributed by atoms with van der Waals surface area (Å²) in [6, 6.07) is 38.6. The number of ether oxygens (including phenoxy) is 1. The molecule has 110 heavy (non-hydrogen) atoms. The number of carbonyl (C=O) groups excluding carboxylic acids is 5. The van der Waals surface area contributed by atoms with E-state index in [0.29, 0.717) is 117 Å². The summed E-state index contributed by atoms with van der Waals surface area (Å²) in [6.07, 6.45) is 14.0. The Morgan fingerprint density at radius 1 is 0.445 bits per heavy atom. The van der Waals surface area contributed by atoms with Crippen LogP contribution in [0.5, 0.6) is 0 Å². The molecule has 4 aromatic heterocycles. The van der Waals surface area contributed by atoms with E-state index >= 15 is 0 Å². The number of hydrogen-bond acceptors (Lipinski definition) is 12. The van der Waals surface area contributed by atoms with Crippen LogP contribution in [0.1, 0.15) is 162 Å². The van der Waals surface area contributed by atoms with Crippen LogP contribution < -0.4 is 25.8 Å². The van der Waals surface area contributed by atoms with Crippen LogP contribution in [0.15, 0.2) is 152 Å². The summed E-state index contributed by atoms with van der Waals surface area (Å²) in [5.41, 5.74) is 25.7. The maximum absolute atomic E-state index is 13.6. The lowest BCUT2D eigenvalue weighted by Gasteiger charge is -2.23. The molecule has 1 saturated carbocycles. The second-order valence-corrected chi connectivity index (χ2v) is 31.7. The van der Waals surface area contributed by atoms with Crippen LogP contribution in [-0.2, 0) is 114 Å². The molecule has 0 unspecified atom stereocenters. The van der Waals surface area contributed by atoms with E-state index in [2.05, 4.69) is 25.7 Å². The molecule has 8 heterocycles. The third-order valence-corrected chi connectivity index (χ3v) is 22.1. The molecule has 0 atom stereocenters. The molecule has 3 N–H and O–H groups in total. The number of nitrogens with zero attached hydrogens (tertiary/aromatic N) is 11. The van der Waals surface area contributed by atoms with Crippen LogP contribution in [0.2, 0.25) is 35.2 Å². The van der Waals surface area contributed by atoms with Gasteiger partial charge >= 0.3 is 5.97 Å². The SMILES string of the molecule is Cl.Cn1ncc2c1Cc1cc(Cl)ccc1N(C(=O)c1ccc(CCC(=O)C3CC3)c(Cl)c1)C2.Cn1ncc2c1Cc1cc(Cl)ccc1N(C(=O)c1ccc(CCC(=O)OC(C)(C)C)c(Cl)c1)C2.Cn1ncc2c1Cc1cc(Cl)ccc1N(C(=O)c1ccc(CN)c(Cl)c1)C2.Cn1ncc2c1Cc1cc(Cl)ccc1NC2. The molecule has 5 aliphatic rings. The highest BCUT2D eigenvalue weighted by Gasteiger charge is 2.33. The van der Waals surface area contributed by atoms with Crippen molar-refractivity contribution in [2.24, 2.45) is 39.8 Å². The van der Waals surface area contributed by atoms with Crippen LogP contribution >= 0.6 is 93.6 Å². The largest absolute Gasteiger partial charge is 0.460 e.